The van der Waals surface area contributed by atoms with Crippen LogP contribution in [-0.2, 0) is 9.53 Å². The average molecular weight is 310 g/mol. The highest BCUT2D eigenvalue weighted by Gasteiger charge is 2.30. The van der Waals surface area contributed by atoms with E-state index in [9.17, 15) is 14.4 Å². The predicted molar refractivity (Wildman–Crippen MR) is 78.9 cm³/mol. The number of carbonyl (C=O) groups is 3. The molecule has 0 heterocycles. The first-order valence-corrected chi connectivity index (χ1v) is 6.99. The van der Waals surface area contributed by atoms with Gasteiger partial charge in [0.2, 0.25) is 0 Å². The summed E-state index contributed by atoms with van der Waals surface area (Å²) in [7, 11) is 2.79. The van der Waals surface area contributed by atoms with Crippen LogP contribution in [0.2, 0.25) is 5.02 Å². The van der Waals surface area contributed by atoms with Crippen molar-refractivity contribution in [2.24, 2.45) is 5.92 Å². The van der Waals surface area contributed by atoms with Crippen LogP contribution in [0.4, 0.5) is 10.5 Å². The van der Waals surface area contributed by atoms with E-state index in [1.54, 1.807) is 12.1 Å². The number of anilines is 1. The van der Waals surface area contributed by atoms with E-state index in [1.807, 2.05) is 0 Å². The van der Waals surface area contributed by atoms with Crippen LogP contribution in [0.1, 0.15) is 29.6 Å². The summed E-state index contributed by atoms with van der Waals surface area (Å²) in [5.41, 5.74) is 0.810. The summed E-state index contributed by atoms with van der Waals surface area (Å²) >= 11 is 6.09. The molecule has 0 spiro atoms. The molecule has 0 aliphatic heterocycles. The van der Waals surface area contributed by atoms with Crippen molar-refractivity contribution in [2.45, 2.75) is 19.3 Å². The van der Waals surface area contributed by atoms with Gasteiger partial charge in [0.25, 0.3) is 0 Å². The number of ether oxygens (including phenoxy) is 1. The third-order valence-electron chi connectivity index (χ3n) is 3.45. The smallest absolute Gasteiger partial charge is 0.413 e. The highest BCUT2D eigenvalue weighted by Crippen LogP contribution is 2.32. The average Bonchev–Trinajstić information content (AvgIpc) is 3.30. The first kappa shape index (κ1) is 15.5. The third kappa shape index (κ3) is 3.61. The van der Waals surface area contributed by atoms with Gasteiger partial charge in [-0.2, -0.15) is 0 Å². The lowest BCUT2D eigenvalue weighted by Gasteiger charge is -2.17. The van der Waals surface area contributed by atoms with Gasteiger partial charge in [0.15, 0.2) is 5.78 Å². The molecular weight excluding hydrogens is 294 g/mol. The predicted octanol–water partition coefficient (Wildman–Crippen LogP) is 3.09. The molecule has 0 radical (unpaired) electrons. The number of hydrogen-bond donors (Lipinski definition) is 0. The molecule has 1 saturated carbocycles. The summed E-state index contributed by atoms with van der Waals surface area (Å²) in [6.07, 6.45) is 1.12. The number of rotatable bonds is 5. The van der Waals surface area contributed by atoms with Gasteiger partial charge in [-0.1, -0.05) is 11.6 Å². The van der Waals surface area contributed by atoms with Crippen LogP contribution >= 0.6 is 11.6 Å². The number of halogens is 1. The van der Waals surface area contributed by atoms with Gasteiger partial charge in [0, 0.05) is 18.5 Å². The van der Waals surface area contributed by atoms with E-state index in [0.29, 0.717) is 11.3 Å². The number of methoxy groups -OCH3 is 1. The van der Waals surface area contributed by atoms with Crippen molar-refractivity contribution in [3.8, 4) is 0 Å². The number of benzene rings is 1. The molecule has 2 rings (SSSR count). The molecular formula is C15H16ClNO4. The second-order valence-electron chi connectivity index (χ2n) is 5.04. The molecule has 1 aromatic carbocycles. The minimum atomic E-state index is -0.556. The number of Topliss-reactive ketones (excluding diaryl/α,β-unsaturated/α-hetero) is 2. The SMILES string of the molecule is COC(=O)N(C)c1ccc(C(=O)CC(=O)C2CC2)cc1Cl. The van der Waals surface area contributed by atoms with Crippen LogP contribution in [0.3, 0.4) is 0 Å². The molecule has 1 aliphatic carbocycles. The summed E-state index contributed by atoms with van der Waals surface area (Å²) in [4.78, 5) is 36.4. The van der Waals surface area contributed by atoms with Crippen molar-refractivity contribution in [1.29, 1.82) is 0 Å². The zero-order chi connectivity index (χ0) is 15.6. The first-order valence-electron chi connectivity index (χ1n) is 6.61. The molecule has 5 nitrogen and oxygen atoms in total. The molecule has 0 atom stereocenters. The quantitative estimate of drug-likeness (QED) is 0.619. The van der Waals surface area contributed by atoms with Gasteiger partial charge < -0.3 is 4.74 Å². The number of nitrogens with zero attached hydrogens (tertiary/aromatic N) is 1. The van der Waals surface area contributed by atoms with E-state index in [0.717, 1.165) is 12.8 Å². The minimum absolute atomic E-state index is 0.00752. The van der Waals surface area contributed by atoms with E-state index in [4.69, 9.17) is 11.6 Å². The molecule has 6 heteroatoms. The second-order valence-corrected chi connectivity index (χ2v) is 5.44. The Morgan fingerprint density at radius 2 is 2.00 bits per heavy atom. The summed E-state index contributed by atoms with van der Waals surface area (Å²) in [6, 6.07) is 4.59. The summed E-state index contributed by atoms with van der Waals surface area (Å²) in [5.74, 6) is -0.192. The van der Waals surface area contributed by atoms with Crippen LogP contribution in [0.5, 0.6) is 0 Å². The summed E-state index contributed by atoms with van der Waals surface area (Å²) in [6.45, 7) is 0. The Hall–Kier alpha value is -1.88. The monoisotopic (exact) mass is 309 g/mol. The highest BCUT2D eigenvalue weighted by molar-refractivity contribution is 6.34. The fourth-order valence-electron chi connectivity index (χ4n) is 2.00. The Labute approximate surface area is 127 Å². The largest absolute Gasteiger partial charge is 0.452 e. The van der Waals surface area contributed by atoms with Crippen LogP contribution < -0.4 is 4.90 Å². The van der Waals surface area contributed by atoms with Gasteiger partial charge in [0.1, 0.15) is 5.78 Å². The number of amides is 1. The van der Waals surface area contributed by atoms with Crippen molar-refractivity contribution >= 4 is 34.9 Å². The lowest BCUT2D eigenvalue weighted by Crippen LogP contribution is -2.26. The van der Waals surface area contributed by atoms with E-state index in [-0.39, 0.29) is 28.9 Å². The fraction of sp³-hybridized carbons (Fsp3) is 0.400. The van der Waals surface area contributed by atoms with E-state index >= 15 is 0 Å². The zero-order valence-electron chi connectivity index (χ0n) is 11.9. The molecule has 1 aliphatic rings. The molecule has 0 unspecified atom stereocenters. The van der Waals surface area contributed by atoms with Crippen LogP contribution in [0, 0.1) is 5.92 Å². The van der Waals surface area contributed by atoms with Gasteiger partial charge in [-0.15, -0.1) is 0 Å². The van der Waals surface area contributed by atoms with Gasteiger partial charge >= 0.3 is 6.09 Å². The molecule has 1 aromatic rings. The van der Waals surface area contributed by atoms with Crippen molar-refractivity contribution in [2.75, 3.05) is 19.1 Å². The molecule has 0 N–H and O–H groups in total. The first-order chi connectivity index (χ1) is 9.93. The van der Waals surface area contributed by atoms with E-state index < -0.39 is 6.09 Å². The topological polar surface area (TPSA) is 63.7 Å². The van der Waals surface area contributed by atoms with Gasteiger partial charge in [-0.3, -0.25) is 14.5 Å². The Morgan fingerprint density at radius 3 is 2.52 bits per heavy atom. The Morgan fingerprint density at radius 1 is 1.33 bits per heavy atom. The Kier molecular flexibility index (Phi) is 4.63. The maximum atomic E-state index is 12.0. The zero-order valence-corrected chi connectivity index (χ0v) is 12.6. The fourth-order valence-corrected chi connectivity index (χ4v) is 2.30. The van der Waals surface area contributed by atoms with Crippen LogP contribution in [-0.4, -0.2) is 31.8 Å². The standard InChI is InChI=1S/C15H16ClNO4/c1-17(15(20)21-2)12-6-5-10(7-11(12)16)14(19)8-13(18)9-3-4-9/h5-7,9H,3-4,8H2,1-2H3. The number of ketones is 2. The van der Waals surface area contributed by atoms with Gasteiger partial charge in [-0.25, -0.2) is 4.79 Å². The van der Waals surface area contributed by atoms with Crippen LogP contribution in [0.25, 0.3) is 0 Å². The molecule has 0 bridgehead atoms. The minimum Gasteiger partial charge on any atom is -0.452 e. The molecule has 0 aromatic heterocycles. The van der Waals surface area contributed by atoms with Gasteiger partial charge in [0.05, 0.1) is 24.2 Å². The van der Waals surface area contributed by atoms with Crippen molar-refractivity contribution < 1.29 is 19.1 Å². The highest BCUT2D eigenvalue weighted by atomic mass is 35.5. The molecule has 21 heavy (non-hydrogen) atoms. The van der Waals surface area contributed by atoms with E-state index in [1.165, 1.54) is 25.1 Å². The number of hydrogen-bond acceptors (Lipinski definition) is 4. The number of carbonyl (C=O) groups excluding carboxylic acids is 3. The maximum Gasteiger partial charge on any atom is 0.413 e. The summed E-state index contributed by atoms with van der Waals surface area (Å²) < 4.78 is 4.60. The Balaban J connectivity index is 2.12. The Bertz CT molecular complexity index is 595. The summed E-state index contributed by atoms with van der Waals surface area (Å²) in [5, 5.41) is 0.257. The van der Waals surface area contributed by atoms with Crippen LogP contribution in [0.15, 0.2) is 18.2 Å². The maximum absolute atomic E-state index is 12.0. The molecule has 1 fully saturated rings. The van der Waals surface area contributed by atoms with E-state index in [2.05, 4.69) is 4.74 Å². The molecule has 1 amide bonds. The van der Waals surface area contributed by atoms with Crippen molar-refractivity contribution in [3.05, 3.63) is 28.8 Å². The second kappa shape index (κ2) is 6.26. The molecule has 0 saturated heterocycles. The lowest BCUT2D eigenvalue weighted by molar-refractivity contribution is -0.119. The van der Waals surface area contributed by atoms with Crippen molar-refractivity contribution in [3.63, 3.8) is 0 Å². The third-order valence-corrected chi connectivity index (χ3v) is 3.75. The molecule has 112 valence electrons. The van der Waals surface area contributed by atoms with Crippen molar-refractivity contribution in [1.82, 2.24) is 0 Å². The lowest BCUT2D eigenvalue weighted by atomic mass is 10.0. The van der Waals surface area contributed by atoms with Gasteiger partial charge in [-0.05, 0) is 31.0 Å². The normalized spacial score (nSPS) is 13.7.